The molecule has 1 aliphatic rings. The second-order valence-electron chi connectivity index (χ2n) is 17.3. The molecule has 9 aromatic carbocycles. The van der Waals surface area contributed by atoms with Gasteiger partial charge in [-0.15, -0.1) is 0 Å². The van der Waals surface area contributed by atoms with Crippen LogP contribution in [0.5, 0.6) is 0 Å². The number of aryl methyl sites for hydroxylation is 5. The topological polar surface area (TPSA) is 22.9 Å². The summed E-state index contributed by atoms with van der Waals surface area (Å²) in [6.07, 6.45) is 0. The van der Waals surface area contributed by atoms with Gasteiger partial charge in [0.1, 0.15) is 11.2 Å². The van der Waals surface area contributed by atoms with E-state index in [0.29, 0.717) is 0 Å². The van der Waals surface area contributed by atoms with Crippen molar-refractivity contribution >= 4 is 91.3 Å². The lowest BCUT2D eigenvalue weighted by molar-refractivity contribution is 0.670. The molecule has 0 bridgehead atoms. The van der Waals surface area contributed by atoms with Crippen molar-refractivity contribution in [3.05, 3.63) is 222 Å². The number of nitrogens with zero attached hydrogens (tertiary/aromatic N) is 3. The molecule has 0 aliphatic carbocycles. The fourth-order valence-corrected chi connectivity index (χ4v) is 9.28. The van der Waals surface area contributed by atoms with Gasteiger partial charge in [-0.1, -0.05) is 142 Å². The van der Waals surface area contributed by atoms with Gasteiger partial charge in [0.25, 0.3) is 0 Å². The first-order valence-electron chi connectivity index (χ1n) is 22.1. The Labute approximate surface area is 376 Å². The molecule has 5 heteroatoms. The number of rotatable bonds is 8. The van der Waals surface area contributed by atoms with Gasteiger partial charge in [0, 0.05) is 61.7 Å². The van der Waals surface area contributed by atoms with Crippen molar-refractivity contribution in [3.8, 4) is 11.1 Å². The SMILES string of the molecule is Cc1ccc(N(c2ccc(C)cc2)c2cc3c(c(N(c4ccc(C)cc4)c4ccc(C)cc4-c4cccc5c4oc4ccccc45)c2)[B]c2ccccc2N3c2ccc(C)cc2)cc1. The minimum Gasteiger partial charge on any atom is -0.455 e. The van der Waals surface area contributed by atoms with Crippen molar-refractivity contribution in [1.29, 1.82) is 0 Å². The molecule has 0 atom stereocenters. The van der Waals surface area contributed by atoms with Gasteiger partial charge in [0.05, 0.1) is 11.4 Å². The maximum Gasteiger partial charge on any atom is 0.199 e. The molecule has 64 heavy (non-hydrogen) atoms. The van der Waals surface area contributed by atoms with Crippen molar-refractivity contribution in [1.82, 2.24) is 0 Å². The molecule has 0 saturated carbocycles. The zero-order valence-electron chi connectivity index (χ0n) is 36.8. The average molecular weight is 825 g/mol. The summed E-state index contributed by atoms with van der Waals surface area (Å²) >= 11 is 0. The summed E-state index contributed by atoms with van der Waals surface area (Å²) in [4.78, 5) is 7.31. The van der Waals surface area contributed by atoms with Gasteiger partial charge in [-0.25, -0.2) is 0 Å². The molecule has 4 nitrogen and oxygen atoms in total. The fourth-order valence-electron chi connectivity index (χ4n) is 9.28. The largest absolute Gasteiger partial charge is 0.455 e. The number of anilines is 9. The minimum atomic E-state index is 0.881. The van der Waals surface area contributed by atoms with Crippen molar-refractivity contribution in [2.45, 2.75) is 34.6 Å². The smallest absolute Gasteiger partial charge is 0.199 e. The summed E-state index contributed by atoms with van der Waals surface area (Å²) < 4.78 is 6.77. The van der Waals surface area contributed by atoms with Crippen LogP contribution in [0.1, 0.15) is 27.8 Å². The van der Waals surface area contributed by atoms with Crippen LogP contribution >= 0.6 is 0 Å². The summed E-state index contributed by atoms with van der Waals surface area (Å²) in [7, 11) is 2.38. The van der Waals surface area contributed by atoms with Crippen LogP contribution in [0.25, 0.3) is 33.1 Å². The first-order valence-corrected chi connectivity index (χ1v) is 22.1. The summed E-state index contributed by atoms with van der Waals surface area (Å²) in [5, 5.41) is 2.22. The monoisotopic (exact) mass is 824 g/mol. The van der Waals surface area contributed by atoms with Crippen LogP contribution in [-0.2, 0) is 0 Å². The van der Waals surface area contributed by atoms with Gasteiger partial charge in [-0.05, 0) is 125 Å². The van der Waals surface area contributed by atoms with Crippen LogP contribution in [-0.4, -0.2) is 7.28 Å². The standard InChI is InChI=1S/C59H47BN3O/c1-38-17-26-43(27-18-38)61(44-28-19-39(2)20-29-44)47-36-55(58-56(37-47)63(46-32-23-41(4)24-33-46)54-15-8-7-14-52(54)60-58)62(45-30-21-40(3)22-31-45)53-34-25-42(5)35-51(53)50-13-10-12-49-48-11-6-9-16-57(48)64-59(49)50/h6-37H,1-5H3. The van der Waals surface area contributed by atoms with E-state index in [-0.39, 0.29) is 0 Å². The van der Waals surface area contributed by atoms with Gasteiger partial charge in [-0.3, -0.25) is 0 Å². The van der Waals surface area contributed by atoms with Crippen LogP contribution in [0.15, 0.2) is 199 Å². The van der Waals surface area contributed by atoms with Gasteiger partial charge < -0.3 is 19.1 Å². The molecule has 1 radical (unpaired) electrons. The highest BCUT2D eigenvalue weighted by molar-refractivity contribution is 6.73. The summed E-state index contributed by atoms with van der Waals surface area (Å²) in [6.45, 7) is 10.8. The molecule has 1 aromatic heterocycles. The molecule has 1 aliphatic heterocycles. The molecule has 10 aromatic rings. The molecule has 0 amide bonds. The fraction of sp³-hybridized carbons (Fsp3) is 0.0847. The molecule has 11 rings (SSSR count). The molecule has 0 saturated heterocycles. The van der Waals surface area contributed by atoms with Crippen LogP contribution in [0, 0.1) is 34.6 Å². The van der Waals surface area contributed by atoms with Gasteiger partial charge in [-0.2, -0.15) is 0 Å². The Bertz CT molecular complexity index is 3310. The van der Waals surface area contributed by atoms with E-state index in [0.717, 1.165) is 95.2 Å². The highest BCUT2D eigenvalue weighted by atomic mass is 16.3. The van der Waals surface area contributed by atoms with Gasteiger partial charge >= 0.3 is 0 Å². The second-order valence-corrected chi connectivity index (χ2v) is 17.3. The Morgan fingerprint density at radius 3 is 1.64 bits per heavy atom. The van der Waals surface area contributed by atoms with Crippen molar-refractivity contribution in [2.75, 3.05) is 14.7 Å². The first kappa shape index (κ1) is 39.1. The molecular weight excluding hydrogens is 777 g/mol. The van der Waals surface area contributed by atoms with E-state index in [1.54, 1.807) is 0 Å². The number of para-hydroxylation sites is 3. The number of furan rings is 1. The Hall–Kier alpha value is -7.76. The number of fused-ring (bicyclic) bond motifs is 5. The molecule has 0 spiro atoms. The number of hydrogen-bond donors (Lipinski definition) is 0. The number of benzene rings is 9. The van der Waals surface area contributed by atoms with Crippen molar-refractivity contribution in [2.24, 2.45) is 0 Å². The van der Waals surface area contributed by atoms with Crippen LogP contribution in [0.2, 0.25) is 0 Å². The van der Waals surface area contributed by atoms with Crippen LogP contribution in [0.3, 0.4) is 0 Å². The maximum atomic E-state index is 6.77. The first-order chi connectivity index (χ1) is 31.3. The van der Waals surface area contributed by atoms with E-state index in [1.165, 1.54) is 27.8 Å². The van der Waals surface area contributed by atoms with E-state index >= 15 is 0 Å². The zero-order valence-corrected chi connectivity index (χ0v) is 36.8. The molecule has 0 N–H and O–H groups in total. The molecule has 2 heterocycles. The molecule has 307 valence electrons. The van der Waals surface area contributed by atoms with Gasteiger partial charge in [0.2, 0.25) is 0 Å². The predicted molar refractivity (Wildman–Crippen MR) is 272 cm³/mol. The maximum absolute atomic E-state index is 6.77. The van der Waals surface area contributed by atoms with E-state index < -0.39 is 0 Å². The summed E-state index contributed by atoms with van der Waals surface area (Å²) in [6, 6.07) is 70.9. The lowest BCUT2D eigenvalue weighted by Crippen LogP contribution is -2.42. The second kappa shape index (κ2) is 15.9. The minimum absolute atomic E-state index is 0.881. The quantitative estimate of drug-likeness (QED) is 0.142. The Balaban J connectivity index is 1.25. The lowest BCUT2D eigenvalue weighted by atomic mass is 9.59. The lowest BCUT2D eigenvalue weighted by Gasteiger charge is -2.39. The molecular formula is C59H47BN3O. The highest BCUT2D eigenvalue weighted by Crippen LogP contribution is 2.49. The van der Waals surface area contributed by atoms with E-state index in [4.69, 9.17) is 4.42 Å². The predicted octanol–water partition coefficient (Wildman–Crippen LogP) is 15.2. The Morgan fingerprint density at radius 1 is 0.406 bits per heavy atom. The van der Waals surface area contributed by atoms with E-state index in [2.05, 4.69) is 245 Å². The highest BCUT2D eigenvalue weighted by Gasteiger charge is 2.32. The Kier molecular flexibility index (Phi) is 9.69. The third kappa shape index (κ3) is 6.90. The van der Waals surface area contributed by atoms with Crippen molar-refractivity contribution in [3.63, 3.8) is 0 Å². The van der Waals surface area contributed by atoms with Gasteiger partial charge in [0.15, 0.2) is 7.28 Å². The van der Waals surface area contributed by atoms with Crippen LogP contribution < -0.4 is 25.6 Å². The van der Waals surface area contributed by atoms with E-state index in [9.17, 15) is 0 Å². The summed E-state index contributed by atoms with van der Waals surface area (Å²) in [5.41, 5.74) is 21.9. The summed E-state index contributed by atoms with van der Waals surface area (Å²) in [5.74, 6) is 0. The zero-order chi connectivity index (χ0) is 43.5. The van der Waals surface area contributed by atoms with E-state index in [1.807, 2.05) is 6.07 Å². The molecule has 0 fully saturated rings. The van der Waals surface area contributed by atoms with Crippen LogP contribution in [0.4, 0.5) is 51.2 Å². The third-order valence-corrected chi connectivity index (χ3v) is 12.6. The normalized spacial score (nSPS) is 11.9. The average Bonchev–Trinajstić information content (AvgIpc) is 3.70. The number of hydrogen-bond acceptors (Lipinski definition) is 4. The Morgan fingerprint density at radius 2 is 0.969 bits per heavy atom. The van der Waals surface area contributed by atoms with Crippen molar-refractivity contribution < 1.29 is 4.42 Å². The molecule has 0 unspecified atom stereocenters. The third-order valence-electron chi connectivity index (χ3n) is 12.6.